The van der Waals surface area contributed by atoms with Crippen LogP contribution in [0.15, 0.2) is 40.9 Å². The standard InChI is InChI=1S/C16H13BrClFN2/c1-9-3-4-11(17)7-14(9)21-15-8-12(19)5-6-13(15)20-16(21)10(2)18/h3-8,10H,1-2H3. The zero-order valence-electron chi connectivity index (χ0n) is 11.6. The Kier molecular flexibility index (Phi) is 3.76. The summed E-state index contributed by atoms with van der Waals surface area (Å²) in [5, 5.41) is -0.279. The molecule has 0 aliphatic carbocycles. The van der Waals surface area contributed by atoms with Crippen molar-refractivity contribution in [2.24, 2.45) is 0 Å². The Labute approximate surface area is 135 Å². The van der Waals surface area contributed by atoms with Crippen molar-refractivity contribution >= 4 is 38.6 Å². The van der Waals surface area contributed by atoms with Crippen LogP contribution in [-0.2, 0) is 0 Å². The van der Waals surface area contributed by atoms with Crippen LogP contribution in [0.2, 0.25) is 0 Å². The van der Waals surface area contributed by atoms with E-state index >= 15 is 0 Å². The number of fused-ring (bicyclic) bond motifs is 1. The van der Waals surface area contributed by atoms with Gasteiger partial charge in [0.05, 0.1) is 22.1 Å². The second kappa shape index (κ2) is 5.43. The first-order valence-electron chi connectivity index (χ1n) is 6.56. The number of alkyl halides is 1. The third-order valence-corrected chi connectivity index (χ3v) is 4.10. The number of imidazole rings is 1. The van der Waals surface area contributed by atoms with Gasteiger partial charge < -0.3 is 0 Å². The van der Waals surface area contributed by atoms with Crippen LogP contribution in [0.3, 0.4) is 0 Å². The predicted molar refractivity (Wildman–Crippen MR) is 87.7 cm³/mol. The molecule has 0 radical (unpaired) electrons. The van der Waals surface area contributed by atoms with Gasteiger partial charge in [0, 0.05) is 10.5 Å². The molecule has 21 heavy (non-hydrogen) atoms. The maximum atomic E-state index is 13.6. The Morgan fingerprint density at radius 2 is 2.00 bits per heavy atom. The average Bonchev–Trinajstić information content (AvgIpc) is 2.80. The van der Waals surface area contributed by atoms with E-state index in [9.17, 15) is 4.39 Å². The van der Waals surface area contributed by atoms with Crippen LogP contribution >= 0.6 is 27.5 Å². The molecule has 0 aliphatic heterocycles. The van der Waals surface area contributed by atoms with Gasteiger partial charge in [-0.15, -0.1) is 11.6 Å². The zero-order valence-corrected chi connectivity index (χ0v) is 13.9. The Balaban J connectivity index is 2.41. The molecular weight excluding hydrogens is 355 g/mol. The van der Waals surface area contributed by atoms with Crippen molar-refractivity contribution in [1.82, 2.24) is 9.55 Å². The lowest BCUT2D eigenvalue weighted by Gasteiger charge is -2.13. The Morgan fingerprint density at radius 1 is 1.24 bits per heavy atom. The summed E-state index contributed by atoms with van der Waals surface area (Å²) in [5.74, 6) is 0.420. The zero-order chi connectivity index (χ0) is 15.1. The lowest BCUT2D eigenvalue weighted by Crippen LogP contribution is -2.04. The summed E-state index contributed by atoms with van der Waals surface area (Å²) < 4.78 is 16.5. The van der Waals surface area contributed by atoms with Crippen molar-refractivity contribution in [1.29, 1.82) is 0 Å². The van der Waals surface area contributed by atoms with E-state index in [1.54, 1.807) is 6.07 Å². The fraction of sp³-hybridized carbons (Fsp3) is 0.188. The number of aromatic nitrogens is 2. The molecule has 5 heteroatoms. The molecule has 0 saturated heterocycles. The minimum Gasteiger partial charge on any atom is -0.295 e. The number of nitrogens with zero attached hydrogens (tertiary/aromatic N) is 2. The molecule has 3 rings (SSSR count). The third-order valence-electron chi connectivity index (χ3n) is 3.41. The minimum absolute atomic E-state index is 0.279. The summed E-state index contributed by atoms with van der Waals surface area (Å²) in [4.78, 5) is 4.55. The van der Waals surface area contributed by atoms with Gasteiger partial charge >= 0.3 is 0 Å². The van der Waals surface area contributed by atoms with E-state index in [4.69, 9.17) is 11.6 Å². The normalized spacial score (nSPS) is 12.8. The van der Waals surface area contributed by atoms with E-state index in [2.05, 4.69) is 20.9 Å². The highest BCUT2D eigenvalue weighted by Crippen LogP contribution is 2.31. The van der Waals surface area contributed by atoms with Gasteiger partial charge in [-0.05, 0) is 43.7 Å². The molecule has 0 bridgehead atoms. The third kappa shape index (κ3) is 2.58. The molecule has 1 atom stereocenters. The first kappa shape index (κ1) is 14.5. The van der Waals surface area contributed by atoms with Crippen LogP contribution in [0.4, 0.5) is 4.39 Å². The molecule has 0 fully saturated rings. The van der Waals surface area contributed by atoms with E-state index in [1.165, 1.54) is 12.1 Å². The van der Waals surface area contributed by atoms with Gasteiger partial charge in [-0.3, -0.25) is 4.57 Å². The molecule has 0 aliphatic rings. The molecule has 0 amide bonds. The maximum Gasteiger partial charge on any atom is 0.132 e. The molecule has 1 heterocycles. The topological polar surface area (TPSA) is 17.8 Å². The SMILES string of the molecule is Cc1ccc(Br)cc1-n1c(C(C)Cl)nc2ccc(F)cc21. The Hall–Kier alpha value is -1.39. The Bertz CT molecular complexity index is 827. The molecule has 0 N–H and O–H groups in total. The first-order valence-corrected chi connectivity index (χ1v) is 7.79. The van der Waals surface area contributed by atoms with Gasteiger partial charge in [0.15, 0.2) is 0 Å². The van der Waals surface area contributed by atoms with E-state index in [0.29, 0.717) is 5.82 Å². The fourth-order valence-electron chi connectivity index (χ4n) is 2.41. The highest BCUT2D eigenvalue weighted by Gasteiger charge is 2.18. The largest absolute Gasteiger partial charge is 0.295 e. The van der Waals surface area contributed by atoms with Gasteiger partial charge in [-0.25, -0.2) is 9.37 Å². The lowest BCUT2D eigenvalue weighted by molar-refractivity contribution is 0.629. The summed E-state index contributed by atoms with van der Waals surface area (Å²) >= 11 is 9.75. The molecule has 1 unspecified atom stereocenters. The number of halogens is 3. The van der Waals surface area contributed by atoms with Crippen molar-refractivity contribution in [3.05, 3.63) is 58.1 Å². The predicted octanol–water partition coefficient (Wildman–Crippen LogP) is 5.54. The van der Waals surface area contributed by atoms with Crippen LogP contribution in [0, 0.1) is 12.7 Å². The minimum atomic E-state index is -0.287. The van der Waals surface area contributed by atoms with Crippen molar-refractivity contribution < 1.29 is 4.39 Å². The first-order chi connectivity index (χ1) is 9.97. The second-order valence-electron chi connectivity index (χ2n) is 4.99. The molecule has 108 valence electrons. The van der Waals surface area contributed by atoms with Gasteiger partial charge in [0.2, 0.25) is 0 Å². The van der Waals surface area contributed by atoms with E-state index in [1.807, 2.05) is 36.6 Å². The smallest absolute Gasteiger partial charge is 0.132 e. The summed E-state index contributed by atoms with van der Waals surface area (Å²) in [7, 11) is 0. The van der Waals surface area contributed by atoms with Gasteiger partial charge in [0.25, 0.3) is 0 Å². The van der Waals surface area contributed by atoms with Crippen molar-refractivity contribution in [3.8, 4) is 5.69 Å². The Morgan fingerprint density at radius 3 is 2.71 bits per heavy atom. The summed E-state index contributed by atoms with van der Waals surface area (Å²) in [5.41, 5.74) is 3.47. The number of benzene rings is 2. The van der Waals surface area contributed by atoms with Crippen LogP contribution < -0.4 is 0 Å². The van der Waals surface area contributed by atoms with E-state index in [0.717, 1.165) is 26.8 Å². The van der Waals surface area contributed by atoms with Crippen LogP contribution in [0.25, 0.3) is 16.7 Å². The van der Waals surface area contributed by atoms with E-state index in [-0.39, 0.29) is 11.2 Å². The fourth-order valence-corrected chi connectivity index (χ4v) is 2.91. The number of hydrogen-bond donors (Lipinski definition) is 0. The molecular formula is C16H13BrClFN2. The lowest BCUT2D eigenvalue weighted by atomic mass is 10.2. The molecule has 0 spiro atoms. The second-order valence-corrected chi connectivity index (χ2v) is 6.56. The number of hydrogen-bond acceptors (Lipinski definition) is 1. The summed E-state index contributed by atoms with van der Waals surface area (Å²) in [6, 6.07) is 10.6. The van der Waals surface area contributed by atoms with Gasteiger partial charge in [-0.1, -0.05) is 22.0 Å². The molecule has 2 aromatic carbocycles. The van der Waals surface area contributed by atoms with Gasteiger partial charge in [0.1, 0.15) is 11.6 Å². The van der Waals surface area contributed by atoms with Crippen molar-refractivity contribution in [3.63, 3.8) is 0 Å². The number of rotatable bonds is 2. The van der Waals surface area contributed by atoms with Gasteiger partial charge in [-0.2, -0.15) is 0 Å². The molecule has 2 nitrogen and oxygen atoms in total. The monoisotopic (exact) mass is 366 g/mol. The molecule has 0 saturated carbocycles. The highest BCUT2D eigenvalue weighted by molar-refractivity contribution is 9.10. The van der Waals surface area contributed by atoms with Crippen LogP contribution in [0.1, 0.15) is 23.7 Å². The molecule has 3 aromatic rings. The summed E-state index contributed by atoms with van der Waals surface area (Å²) in [6.07, 6.45) is 0. The van der Waals surface area contributed by atoms with Crippen molar-refractivity contribution in [2.75, 3.05) is 0 Å². The summed E-state index contributed by atoms with van der Waals surface area (Å²) in [6.45, 7) is 3.87. The average molecular weight is 368 g/mol. The number of aryl methyl sites for hydroxylation is 1. The van der Waals surface area contributed by atoms with Crippen LogP contribution in [-0.4, -0.2) is 9.55 Å². The van der Waals surface area contributed by atoms with E-state index < -0.39 is 0 Å². The van der Waals surface area contributed by atoms with Crippen LogP contribution in [0.5, 0.6) is 0 Å². The molecule has 1 aromatic heterocycles. The quantitative estimate of drug-likeness (QED) is 0.544. The van der Waals surface area contributed by atoms with Crippen molar-refractivity contribution in [2.45, 2.75) is 19.2 Å². The maximum absolute atomic E-state index is 13.6. The highest BCUT2D eigenvalue weighted by atomic mass is 79.9.